The van der Waals surface area contributed by atoms with E-state index in [0.29, 0.717) is 17.3 Å². The monoisotopic (exact) mass is 291 g/mol. The number of aryl methyl sites for hydroxylation is 1. The molecule has 1 aromatic heterocycles. The highest BCUT2D eigenvalue weighted by Gasteiger charge is 1.99. The quantitative estimate of drug-likeness (QED) is 0.592. The lowest BCUT2D eigenvalue weighted by molar-refractivity contribution is 1.04. The maximum Gasteiger partial charge on any atom is 0.252 e. The number of H-pyrrole nitrogens is 1. The summed E-state index contributed by atoms with van der Waals surface area (Å²) in [5.41, 5.74) is 7.07. The number of benzene rings is 1. The Morgan fingerprint density at radius 1 is 1.45 bits per heavy atom. The third kappa shape index (κ3) is 4.10. The van der Waals surface area contributed by atoms with E-state index in [1.807, 2.05) is 12.1 Å². The van der Waals surface area contributed by atoms with Gasteiger partial charge in [0.2, 0.25) is 5.95 Å². The number of aromatic amines is 1. The molecule has 0 aliphatic rings. The first-order valence-corrected chi connectivity index (χ1v) is 6.30. The minimum absolute atomic E-state index is 0.175. The van der Waals surface area contributed by atoms with Crippen molar-refractivity contribution >= 4 is 23.5 Å². The molecule has 2 rings (SSSR count). The molecule has 1 aromatic carbocycles. The normalized spacial score (nSPS) is 11.4. The molecule has 0 fully saturated rings. The molecule has 104 valence electrons. The molecule has 1 heterocycles. The van der Waals surface area contributed by atoms with Crippen molar-refractivity contribution in [2.45, 2.75) is 13.5 Å². The van der Waals surface area contributed by atoms with Gasteiger partial charge in [-0.15, -0.1) is 0 Å². The summed E-state index contributed by atoms with van der Waals surface area (Å²) in [5, 5.41) is 3.41. The van der Waals surface area contributed by atoms with Gasteiger partial charge in [0.05, 0.1) is 6.54 Å². The fourth-order valence-electron chi connectivity index (χ4n) is 1.57. The van der Waals surface area contributed by atoms with Gasteiger partial charge < -0.3 is 5.73 Å². The predicted octanol–water partition coefficient (Wildman–Crippen LogP) is 1.66. The Morgan fingerprint density at radius 3 is 2.80 bits per heavy atom. The number of nitrogens with two attached hydrogens (primary N) is 1. The van der Waals surface area contributed by atoms with Crippen LogP contribution in [0.4, 0.5) is 5.95 Å². The zero-order valence-electron chi connectivity index (χ0n) is 10.9. The van der Waals surface area contributed by atoms with E-state index in [0.717, 1.165) is 5.56 Å². The molecule has 0 atom stereocenters. The molecular formula is C13H14ClN5O. The summed E-state index contributed by atoms with van der Waals surface area (Å²) in [6.07, 6.45) is 0. The lowest BCUT2D eigenvalue weighted by Gasteiger charge is -2.05. The van der Waals surface area contributed by atoms with Crippen LogP contribution in [0.15, 0.2) is 40.1 Å². The summed E-state index contributed by atoms with van der Waals surface area (Å²) in [7, 11) is 0. The lowest BCUT2D eigenvalue weighted by Crippen LogP contribution is -2.25. The molecule has 2 aromatic rings. The molecule has 0 aliphatic heterocycles. The van der Waals surface area contributed by atoms with Crippen molar-refractivity contribution in [1.29, 1.82) is 0 Å². The Kier molecular flexibility index (Phi) is 4.37. The third-order valence-electron chi connectivity index (χ3n) is 2.46. The van der Waals surface area contributed by atoms with Crippen LogP contribution in [-0.2, 0) is 6.54 Å². The van der Waals surface area contributed by atoms with E-state index in [-0.39, 0.29) is 17.5 Å². The summed E-state index contributed by atoms with van der Waals surface area (Å²) < 4.78 is 0. The highest BCUT2D eigenvalue weighted by atomic mass is 35.5. The molecule has 0 bridgehead atoms. The van der Waals surface area contributed by atoms with Crippen molar-refractivity contribution in [3.8, 4) is 0 Å². The van der Waals surface area contributed by atoms with Gasteiger partial charge in [-0.25, -0.2) is 9.98 Å². The highest BCUT2D eigenvalue weighted by Crippen LogP contribution is 2.10. The molecule has 0 spiro atoms. The second-order valence-electron chi connectivity index (χ2n) is 4.19. The van der Waals surface area contributed by atoms with Gasteiger partial charge in [0.1, 0.15) is 0 Å². The van der Waals surface area contributed by atoms with Gasteiger partial charge in [0.25, 0.3) is 5.56 Å². The van der Waals surface area contributed by atoms with Crippen molar-refractivity contribution in [3.63, 3.8) is 0 Å². The van der Waals surface area contributed by atoms with E-state index in [4.69, 9.17) is 17.3 Å². The highest BCUT2D eigenvalue weighted by molar-refractivity contribution is 6.30. The molecule has 0 amide bonds. The first-order chi connectivity index (χ1) is 9.52. The molecule has 0 radical (unpaired) electrons. The fourth-order valence-corrected chi connectivity index (χ4v) is 1.69. The van der Waals surface area contributed by atoms with Crippen LogP contribution in [0.25, 0.3) is 0 Å². The largest absolute Gasteiger partial charge is 0.370 e. The van der Waals surface area contributed by atoms with Gasteiger partial charge >= 0.3 is 0 Å². The SMILES string of the molecule is Cc1cc(=O)[nH]c(NC(N)=NCc2ccc(Cl)cc2)n1. The smallest absolute Gasteiger partial charge is 0.252 e. The van der Waals surface area contributed by atoms with Crippen LogP contribution in [0.3, 0.4) is 0 Å². The number of hydrogen-bond donors (Lipinski definition) is 3. The van der Waals surface area contributed by atoms with Crippen LogP contribution in [0.2, 0.25) is 5.02 Å². The first-order valence-electron chi connectivity index (χ1n) is 5.92. The molecule has 20 heavy (non-hydrogen) atoms. The summed E-state index contributed by atoms with van der Waals surface area (Å²) in [5.74, 6) is 0.445. The molecule has 4 N–H and O–H groups in total. The Labute approximate surface area is 120 Å². The minimum Gasteiger partial charge on any atom is -0.370 e. The van der Waals surface area contributed by atoms with Gasteiger partial charge in [-0.1, -0.05) is 23.7 Å². The molecule has 0 saturated carbocycles. The second-order valence-corrected chi connectivity index (χ2v) is 4.62. The minimum atomic E-state index is -0.245. The van der Waals surface area contributed by atoms with E-state index in [1.54, 1.807) is 19.1 Å². The number of nitrogens with zero attached hydrogens (tertiary/aromatic N) is 2. The van der Waals surface area contributed by atoms with Crippen LogP contribution in [0, 0.1) is 6.92 Å². The lowest BCUT2D eigenvalue weighted by atomic mass is 10.2. The number of halogens is 1. The predicted molar refractivity (Wildman–Crippen MR) is 80.0 cm³/mol. The average Bonchev–Trinajstić information content (AvgIpc) is 2.37. The van der Waals surface area contributed by atoms with Crippen LogP contribution in [0.1, 0.15) is 11.3 Å². The summed E-state index contributed by atoms with van der Waals surface area (Å²) >= 11 is 5.80. The van der Waals surface area contributed by atoms with Gasteiger partial charge in [-0.05, 0) is 24.6 Å². The Bertz CT molecular complexity index is 678. The van der Waals surface area contributed by atoms with E-state index in [9.17, 15) is 4.79 Å². The third-order valence-corrected chi connectivity index (χ3v) is 2.71. The number of anilines is 1. The Balaban J connectivity index is 2.03. The topological polar surface area (TPSA) is 96.2 Å². The molecule has 6 nitrogen and oxygen atoms in total. The molecule has 0 saturated heterocycles. The number of guanidine groups is 1. The molecule has 7 heteroatoms. The van der Waals surface area contributed by atoms with Crippen LogP contribution >= 0.6 is 11.6 Å². The van der Waals surface area contributed by atoms with Crippen molar-refractivity contribution in [2.75, 3.05) is 5.32 Å². The standard InChI is InChI=1S/C13H14ClN5O/c1-8-6-11(20)18-13(17-8)19-12(15)16-7-9-2-4-10(14)5-3-9/h2-6H,7H2,1H3,(H4,15,16,17,18,19,20). The van der Waals surface area contributed by atoms with Crippen molar-refractivity contribution in [1.82, 2.24) is 9.97 Å². The van der Waals surface area contributed by atoms with Gasteiger partial charge in [-0.3, -0.25) is 15.1 Å². The van der Waals surface area contributed by atoms with E-state index in [1.165, 1.54) is 6.07 Å². The molecule has 0 aliphatic carbocycles. The van der Waals surface area contributed by atoms with Crippen LogP contribution in [0.5, 0.6) is 0 Å². The fraction of sp³-hybridized carbons (Fsp3) is 0.154. The average molecular weight is 292 g/mol. The van der Waals surface area contributed by atoms with Gasteiger partial charge in [-0.2, -0.15) is 0 Å². The van der Waals surface area contributed by atoms with Crippen molar-refractivity contribution in [2.24, 2.45) is 10.7 Å². The van der Waals surface area contributed by atoms with Crippen molar-refractivity contribution < 1.29 is 0 Å². The molecular weight excluding hydrogens is 278 g/mol. The Hall–Kier alpha value is -2.34. The van der Waals surface area contributed by atoms with Gasteiger partial charge in [0.15, 0.2) is 5.96 Å². The van der Waals surface area contributed by atoms with E-state index < -0.39 is 0 Å². The number of aliphatic imine (C=N–C) groups is 1. The summed E-state index contributed by atoms with van der Waals surface area (Å²) in [6.45, 7) is 2.13. The Morgan fingerprint density at radius 2 is 2.15 bits per heavy atom. The first kappa shape index (κ1) is 14.1. The zero-order valence-corrected chi connectivity index (χ0v) is 11.6. The number of aromatic nitrogens is 2. The maximum absolute atomic E-state index is 11.3. The number of rotatable bonds is 3. The van der Waals surface area contributed by atoms with Gasteiger partial charge in [0, 0.05) is 16.8 Å². The van der Waals surface area contributed by atoms with Crippen molar-refractivity contribution in [3.05, 3.63) is 57.0 Å². The summed E-state index contributed by atoms with van der Waals surface area (Å²) in [4.78, 5) is 22.1. The van der Waals surface area contributed by atoms with Crippen LogP contribution in [-0.4, -0.2) is 15.9 Å². The zero-order chi connectivity index (χ0) is 14.5. The van der Waals surface area contributed by atoms with E-state index >= 15 is 0 Å². The second kappa shape index (κ2) is 6.21. The summed E-state index contributed by atoms with van der Waals surface area (Å²) in [6, 6.07) is 8.70. The number of hydrogen-bond acceptors (Lipinski definition) is 3. The van der Waals surface area contributed by atoms with E-state index in [2.05, 4.69) is 20.3 Å². The maximum atomic E-state index is 11.3. The van der Waals surface area contributed by atoms with Crippen LogP contribution < -0.4 is 16.6 Å². The molecule has 0 unspecified atom stereocenters. The number of nitrogens with one attached hydrogen (secondary N) is 2.